The molecule has 0 aliphatic heterocycles. The lowest BCUT2D eigenvalue weighted by atomic mass is 10.2. The maximum absolute atomic E-state index is 12.8. The van der Waals surface area contributed by atoms with Crippen LogP contribution >= 0.6 is 0 Å². The highest BCUT2D eigenvalue weighted by Crippen LogP contribution is 2.32. The van der Waals surface area contributed by atoms with Gasteiger partial charge in [-0.1, -0.05) is 18.2 Å². The van der Waals surface area contributed by atoms with E-state index in [1.807, 2.05) is 18.2 Å². The first-order valence-electron chi connectivity index (χ1n) is 8.18. The lowest BCUT2D eigenvalue weighted by molar-refractivity contribution is -0.0520. The number of ether oxygens (including phenoxy) is 2. The number of benzene rings is 1. The van der Waals surface area contributed by atoms with E-state index in [9.17, 15) is 8.78 Å². The first-order chi connectivity index (χ1) is 12.6. The summed E-state index contributed by atoms with van der Waals surface area (Å²) in [6.07, 6.45) is 1.71. The fourth-order valence-corrected chi connectivity index (χ4v) is 2.27. The number of nitrogens with zero attached hydrogens (tertiary/aromatic N) is 2. The topological polar surface area (TPSA) is 67.8 Å². The van der Waals surface area contributed by atoms with Gasteiger partial charge in [-0.05, 0) is 25.1 Å². The van der Waals surface area contributed by atoms with Crippen LogP contribution in [0.2, 0.25) is 0 Å². The Balaban J connectivity index is 2.03. The van der Waals surface area contributed by atoms with Gasteiger partial charge in [-0.15, -0.1) is 0 Å². The van der Waals surface area contributed by atoms with Gasteiger partial charge in [0.2, 0.25) is 0 Å². The molecule has 0 aliphatic carbocycles. The number of halogens is 2. The second-order valence-corrected chi connectivity index (χ2v) is 5.16. The fraction of sp³-hybridized carbons (Fsp3) is 0.333. The van der Waals surface area contributed by atoms with Crippen molar-refractivity contribution in [2.24, 2.45) is 4.99 Å². The minimum Gasteiger partial charge on any atom is -0.490 e. The van der Waals surface area contributed by atoms with E-state index in [4.69, 9.17) is 4.74 Å². The highest BCUT2D eigenvalue weighted by molar-refractivity contribution is 5.79. The predicted octanol–water partition coefficient (Wildman–Crippen LogP) is 2.95. The van der Waals surface area contributed by atoms with Crippen LogP contribution in [0.4, 0.5) is 8.78 Å². The Morgan fingerprint density at radius 3 is 2.62 bits per heavy atom. The van der Waals surface area contributed by atoms with Gasteiger partial charge >= 0.3 is 6.61 Å². The molecule has 0 amide bonds. The molecule has 2 rings (SSSR count). The summed E-state index contributed by atoms with van der Waals surface area (Å²) in [5, 5.41) is 6.18. The summed E-state index contributed by atoms with van der Waals surface area (Å²) >= 11 is 0. The molecule has 0 spiro atoms. The summed E-state index contributed by atoms with van der Waals surface area (Å²) in [5.41, 5.74) is 1.40. The molecule has 2 aromatic rings. The lowest BCUT2D eigenvalue weighted by Crippen LogP contribution is -2.36. The smallest absolute Gasteiger partial charge is 0.387 e. The molecule has 8 heteroatoms. The summed E-state index contributed by atoms with van der Waals surface area (Å²) in [5.74, 6) is 0.820. The number of aromatic nitrogens is 1. The third-order valence-corrected chi connectivity index (χ3v) is 3.40. The van der Waals surface area contributed by atoms with Crippen LogP contribution in [0, 0.1) is 0 Å². The quantitative estimate of drug-likeness (QED) is 0.557. The fourth-order valence-electron chi connectivity index (χ4n) is 2.27. The Hall–Kier alpha value is -2.90. The number of nitrogens with one attached hydrogen (secondary N) is 2. The predicted molar refractivity (Wildman–Crippen MR) is 95.5 cm³/mol. The monoisotopic (exact) mass is 364 g/mol. The Labute approximate surface area is 151 Å². The molecule has 6 nitrogen and oxygen atoms in total. The number of guanidine groups is 1. The summed E-state index contributed by atoms with van der Waals surface area (Å²) in [6, 6.07) is 10.6. The van der Waals surface area contributed by atoms with Crippen molar-refractivity contribution >= 4 is 5.96 Å². The van der Waals surface area contributed by atoms with Crippen LogP contribution in [-0.2, 0) is 13.1 Å². The molecule has 0 unspecified atom stereocenters. The number of aliphatic imine (C=N–C) groups is 1. The van der Waals surface area contributed by atoms with Crippen molar-refractivity contribution < 1.29 is 18.3 Å². The number of hydrogen-bond donors (Lipinski definition) is 2. The summed E-state index contributed by atoms with van der Waals surface area (Å²) < 4.78 is 35.5. The van der Waals surface area contributed by atoms with Crippen LogP contribution in [0.1, 0.15) is 18.2 Å². The van der Waals surface area contributed by atoms with Crippen molar-refractivity contribution in [3.8, 4) is 11.5 Å². The second-order valence-electron chi connectivity index (χ2n) is 5.16. The highest BCUT2D eigenvalue weighted by atomic mass is 19.3. The van der Waals surface area contributed by atoms with Crippen molar-refractivity contribution in [2.75, 3.05) is 13.7 Å². The van der Waals surface area contributed by atoms with Crippen LogP contribution in [0.3, 0.4) is 0 Å². The van der Waals surface area contributed by atoms with E-state index in [-0.39, 0.29) is 18.0 Å². The van der Waals surface area contributed by atoms with Crippen molar-refractivity contribution in [3.63, 3.8) is 0 Å². The van der Waals surface area contributed by atoms with E-state index in [1.54, 1.807) is 38.4 Å². The molecule has 0 fully saturated rings. The zero-order chi connectivity index (χ0) is 18.8. The Bertz CT molecular complexity index is 712. The van der Waals surface area contributed by atoms with Crippen LogP contribution < -0.4 is 20.1 Å². The Morgan fingerprint density at radius 1 is 1.15 bits per heavy atom. The van der Waals surface area contributed by atoms with E-state index in [2.05, 4.69) is 25.3 Å². The van der Waals surface area contributed by atoms with Crippen molar-refractivity contribution in [1.29, 1.82) is 0 Å². The molecule has 0 bridgehead atoms. The first kappa shape index (κ1) is 19.4. The highest BCUT2D eigenvalue weighted by Gasteiger charge is 2.16. The molecule has 140 valence electrons. The summed E-state index contributed by atoms with van der Waals surface area (Å²) in [7, 11) is 1.63. The van der Waals surface area contributed by atoms with Gasteiger partial charge in [-0.2, -0.15) is 8.78 Å². The normalized spacial score (nSPS) is 11.3. The molecular weight excluding hydrogens is 342 g/mol. The van der Waals surface area contributed by atoms with Gasteiger partial charge in [-0.3, -0.25) is 9.98 Å². The van der Waals surface area contributed by atoms with Gasteiger partial charge in [0.25, 0.3) is 0 Å². The average molecular weight is 364 g/mol. The van der Waals surface area contributed by atoms with Gasteiger partial charge < -0.3 is 20.1 Å². The maximum atomic E-state index is 12.8. The van der Waals surface area contributed by atoms with Gasteiger partial charge in [0, 0.05) is 25.4 Å². The van der Waals surface area contributed by atoms with E-state index in [0.29, 0.717) is 24.7 Å². The number of alkyl halides is 2. The number of rotatable bonds is 8. The van der Waals surface area contributed by atoms with Crippen molar-refractivity contribution in [1.82, 2.24) is 15.6 Å². The standard InChI is InChI=1S/C18H22F2N4O2/c1-3-25-15-9-6-7-13(16(15)26-17(19)20)11-23-18(21-2)24-12-14-8-4-5-10-22-14/h4-10,17H,3,11-12H2,1-2H3,(H2,21,23,24). The lowest BCUT2D eigenvalue weighted by Gasteiger charge is -2.17. The van der Waals surface area contributed by atoms with Crippen LogP contribution in [0.5, 0.6) is 11.5 Å². The molecule has 1 aromatic carbocycles. The van der Waals surface area contributed by atoms with Gasteiger partial charge in [0.05, 0.1) is 18.8 Å². The van der Waals surface area contributed by atoms with E-state index in [0.717, 1.165) is 5.69 Å². The Kier molecular flexibility index (Phi) is 7.60. The molecule has 26 heavy (non-hydrogen) atoms. The van der Waals surface area contributed by atoms with Gasteiger partial charge in [0.1, 0.15) is 0 Å². The van der Waals surface area contributed by atoms with Gasteiger partial charge in [-0.25, -0.2) is 0 Å². The zero-order valence-corrected chi connectivity index (χ0v) is 14.7. The molecular formula is C18H22F2N4O2. The third kappa shape index (κ3) is 5.87. The van der Waals surface area contributed by atoms with Crippen LogP contribution in [0.15, 0.2) is 47.6 Å². The van der Waals surface area contributed by atoms with Gasteiger partial charge in [0.15, 0.2) is 17.5 Å². The molecule has 0 saturated heterocycles. The number of hydrogen-bond acceptors (Lipinski definition) is 4. The molecule has 1 heterocycles. The Morgan fingerprint density at radius 2 is 1.96 bits per heavy atom. The van der Waals surface area contributed by atoms with E-state index in [1.165, 1.54) is 0 Å². The molecule has 0 saturated carbocycles. The van der Waals surface area contributed by atoms with E-state index >= 15 is 0 Å². The summed E-state index contributed by atoms with van der Waals surface area (Å²) in [4.78, 5) is 8.33. The van der Waals surface area contributed by atoms with Crippen molar-refractivity contribution in [3.05, 3.63) is 53.9 Å². The largest absolute Gasteiger partial charge is 0.490 e. The molecule has 1 aromatic heterocycles. The summed E-state index contributed by atoms with van der Waals surface area (Å²) in [6.45, 7) is -0.0772. The van der Waals surface area contributed by atoms with Crippen molar-refractivity contribution in [2.45, 2.75) is 26.6 Å². The average Bonchev–Trinajstić information content (AvgIpc) is 2.64. The van der Waals surface area contributed by atoms with E-state index < -0.39 is 6.61 Å². The number of para-hydroxylation sites is 1. The SMILES string of the molecule is CCOc1cccc(CNC(=NC)NCc2ccccn2)c1OC(F)F. The third-order valence-electron chi connectivity index (χ3n) is 3.40. The molecule has 0 atom stereocenters. The first-order valence-corrected chi connectivity index (χ1v) is 8.18. The second kappa shape index (κ2) is 10.2. The molecule has 2 N–H and O–H groups in total. The van der Waals surface area contributed by atoms with Crippen LogP contribution in [0.25, 0.3) is 0 Å². The zero-order valence-electron chi connectivity index (χ0n) is 14.7. The molecule has 0 aliphatic rings. The van der Waals surface area contributed by atoms with Crippen LogP contribution in [-0.4, -0.2) is 31.2 Å². The number of pyridine rings is 1. The molecule has 0 radical (unpaired) electrons. The minimum absolute atomic E-state index is 0.0250. The maximum Gasteiger partial charge on any atom is 0.387 e. The minimum atomic E-state index is -2.93.